The second kappa shape index (κ2) is 2.72. The maximum absolute atomic E-state index is 10.4. The Balaban J connectivity index is 2.22. The molecule has 1 atom stereocenters. The van der Waals surface area contributed by atoms with Crippen molar-refractivity contribution in [2.75, 3.05) is 0 Å². The van der Waals surface area contributed by atoms with Crippen LogP contribution in [-0.4, -0.2) is 17.0 Å². The van der Waals surface area contributed by atoms with Crippen LogP contribution in [0, 0.1) is 0 Å². The molecular formula is C4H7N3OS. The van der Waals surface area contributed by atoms with E-state index < -0.39 is 0 Å². The smallest absolute Gasteiger partial charge is 0.219 e. The summed E-state index contributed by atoms with van der Waals surface area (Å²) in [5, 5.41) is 6.32. The maximum Gasteiger partial charge on any atom is 0.219 e. The average Bonchev–Trinajstić information content (AvgIpc) is 2.15. The molecule has 1 unspecified atom stereocenters. The molecule has 1 amide bonds. The molecule has 0 saturated heterocycles. The molecule has 0 aliphatic carbocycles. The highest BCUT2D eigenvalue weighted by Crippen LogP contribution is 2.05. The van der Waals surface area contributed by atoms with E-state index >= 15 is 0 Å². The van der Waals surface area contributed by atoms with Gasteiger partial charge in [0.1, 0.15) is 0 Å². The Morgan fingerprint density at radius 3 is 3.22 bits per heavy atom. The fraction of sp³-hybridized carbons (Fsp3) is 0.500. The van der Waals surface area contributed by atoms with Crippen LogP contribution in [0.15, 0.2) is 5.10 Å². The van der Waals surface area contributed by atoms with E-state index in [0.29, 0.717) is 0 Å². The van der Waals surface area contributed by atoms with Crippen molar-refractivity contribution in [1.29, 1.82) is 0 Å². The van der Waals surface area contributed by atoms with Gasteiger partial charge in [-0.25, -0.2) is 0 Å². The molecule has 50 valence electrons. The Morgan fingerprint density at radius 2 is 2.78 bits per heavy atom. The van der Waals surface area contributed by atoms with Crippen LogP contribution in [0.2, 0.25) is 0 Å². The van der Waals surface area contributed by atoms with Gasteiger partial charge in [0, 0.05) is 6.92 Å². The summed E-state index contributed by atoms with van der Waals surface area (Å²) in [6.07, 6.45) is 0. The van der Waals surface area contributed by atoms with E-state index in [-0.39, 0.29) is 11.4 Å². The van der Waals surface area contributed by atoms with Gasteiger partial charge in [-0.1, -0.05) is 11.8 Å². The number of nitrogens with zero attached hydrogens (tertiary/aromatic N) is 1. The zero-order valence-corrected chi connectivity index (χ0v) is 5.73. The Labute approximate surface area is 57.1 Å². The SMILES string of the molecule is CC(=O)NC1NN=CS1. The minimum Gasteiger partial charge on any atom is -0.326 e. The lowest BCUT2D eigenvalue weighted by atomic mass is 10.7. The number of nitrogens with one attached hydrogen (secondary N) is 2. The van der Waals surface area contributed by atoms with Crippen molar-refractivity contribution in [3.05, 3.63) is 0 Å². The third-order valence-electron chi connectivity index (χ3n) is 0.776. The molecule has 0 aromatic rings. The molecule has 2 N–H and O–H groups in total. The van der Waals surface area contributed by atoms with Crippen LogP contribution >= 0.6 is 11.8 Å². The highest BCUT2D eigenvalue weighted by molar-refractivity contribution is 8.12. The maximum atomic E-state index is 10.4. The van der Waals surface area contributed by atoms with Gasteiger partial charge in [0.25, 0.3) is 0 Å². The molecule has 5 heteroatoms. The minimum atomic E-state index is -0.0671. The van der Waals surface area contributed by atoms with Crippen molar-refractivity contribution in [3.63, 3.8) is 0 Å². The molecular weight excluding hydrogens is 138 g/mol. The summed E-state index contributed by atoms with van der Waals surface area (Å²) < 4.78 is 0. The van der Waals surface area contributed by atoms with Crippen molar-refractivity contribution >= 4 is 23.2 Å². The number of amides is 1. The normalized spacial score (nSPS) is 23.4. The standard InChI is InChI=1S/C4H7N3OS/c1-3(8)6-4-7-5-2-9-4/h2,4,7H,1H3,(H,6,8). The lowest BCUT2D eigenvalue weighted by Gasteiger charge is -2.07. The molecule has 4 nitrogen and oxygen atoms in total. The van der Waals surface area contributed by atoms with Crippen molar-refractivity contribution < 1.29 is 4.79 Å². The summed E-state index contributed by atoms with van der Waals surface area (Å²) in [5.74, 6) is -0.0505. The first-order valence-electron chi connectivity index (χ1n) is 2.48. The molecule has 1 rings (SSSR count). The molecule has 0 bridgehead atoms. The van der Waals surface area contributed by atoms with E-state index in [9.17, 15) is 4.79 Å². The third-order valence-corrected chi connectivity index (χ3v) is 1.50. The molecule has 9 heavy (non-hydrogen) atoms. The monoisotopic (exact) mass is 145 g/mol. The van der Waals surface area contributed by atoms with Crippen LogP contribution < -0.4 is 10.7 Å². The van der Waals surface area contributed by atoms with E-state index in [0.717, 1.165) is 0 Å². The van der Waals surface area contributed by atoms with Crippen LogP contribution in [0.3, 0.4) is 0 Å². The Bertz CT molecular complexity index is 139. The number of hydrogen-bond donors (Lipinski definition) is 2. The molecule has 1 aliphatic heterocycles. The summed E-state index contributed by atoms with van der Waals surface area (Å²) >= 11 is 1.44. The van der Waals surface area contributed by atoms with E-state index in [2.05, 4.69) is 15.8 Å². The summed E-state index contributed by atoms with van der Waals surface area (Å²) in [6.45, 7) is 1.47. The highest BCUT2D eigenvalue weighted by Gasteiger charge is 2.10. The Morgan fingerprint density at radius 1 is 2.00 bits per heavy atom. The predicted molar refractivity (Wildman–Crippen MR) is 36.8 cm³/mol. The molecule has 0 saturated carbocycles. The number of thioether (sulfide) groups is 1. The topological polar surface area (TPSA) is 53.5 Å². The third kappa shape index (κ3) is 1.93. The van der Waals surface area contributed by atoms with Crippen LogP contribution in [0.4, 0.5) is 0 Å². The van der Waals surface area contributed by atoms with E-state index in [1.807, 2.05) is 0 Å². The molecule has 0 spiro atoms. The quantitative estimate of drug-likeness (QED) is 0.532. The molecule has 0 aromatic carbocycles. The fourth-order valence-corrected chi connectivity index (χ4v) is 1.07. The van der Waals surface area contributed by atoms with Crippen LogP contribution in [0.1, 0.15) is 6.92 Å². The second-order valence-electron chi connectivity index (χ2n) is 1.58. The van der Waals surface area contributed by atoms with E-state index in [1.54, 1.807) is 5.55 Å². The molecule has 0 aromatic heterocycles. The second-order valence-corrected chi connectivity index (χ2v) is 2.53. The van der Waals surface area contributed by atoms with Gasteiger partial charge in [0.15, 0.2) is 5.50 Å². The van der Waals surface area contributed by atoms with Gasteiger partial charge >= 0.3 is 0 Å². The van der Waals surface area contributed by atoms with Crippen molar-refractivity contribution in [2.24, 2.45) is 5.10 Å². The van der Waals surface area contributed by atoms with E-state index in [4.69, 9.17) is 0 Å². The Kier molecular flexibility index (Phi) is 1.94. The van der Waals surface area contributed by atoms with Crippen LogP contribution in [-0.2, 0) is 4.79 Å². The van der Waals surface area contributed by atoms with Gasteiger partial charge in [0.2, 0.25) is 5.91 Å². The first-order valence-corrected chi connectivity index (χ1v) is 3.43. The number of hydrogen-bond acceptors (Lipinski definition) is 4. The first-order chi connectivity index (χ1) is 4.29. The van der Waals surface area contributed by atoms with Gasteiger partial charge in [-0.3, -0.25) is 10.2 Å². The van der Waals surface area contributed by atoms with Gasteiger partial charge < -0.3 is 5.32 Å². The van der Waals surface area contributed by atoms with Crippen molar-refractivity contribution in [3.8, 4) is 0 Å². The number of carbonyl (C=O) groups excluding carboxylic acids is 1. The van der Waals surface area contributed by atoms with Gasteiger partial charge in [-0.15, -0.1) is 0 Å². The summed E-state index contributed by atoms with van der Waals surface area (Å²) in [6, 6.07) is 0. The first kappa shape index (κ1) is 6.41. The van der Waals surface area contributed by atoms with Gasteiger partial charge in [-0.2, -0.15) is 5.10 Å². The number of carbonyl (C=O) groups is 1. The summed E-state index contributed by atoms with van der Waals surface area (Å²) in [4.78, 5) is 10.4. The van der Waals surface area contributed by atoms with Gasteiger partial charge in [-0.05, 0) is 0 Å². The average molecular weight is 145 g/mol. The zero-order valence-electron chi connectivity index (χ0n) is 4.92. The molecule has 0 radical (unpaired) electrons. The molecule has 1 heterocycles. The summed E-state index contributed by atoms with van der Waals surface area (Å²) in [7, 11) is 0. The van der Waals surface area contributed by atoms with Gasteiger partial charge in [0.05, 0.1) is 5.55 Å². The molecule has 1 aliphatic rings. The number of rotatable bonds is 1. The lowest BCUT2D eigenvalue weighted by molar-refractivity contribution is -0.119. The predicted octanol–water partition coefficient (Wildman–Crippen LogP) is -0.314. The van der Waals surface area contributed by atoms with Crippen LogP contribution in [0.5, 0.6) is 0 Å². The van der Waals surface area contributed by atoms with E-state index in [1.165, 1.54) is 18.7 Å². The summed E-state index contributed by atoms with van der Waals surface area (Å²) in [5.41, 5.74) is 4.27. The fourth-order valence-electron chi connectivity index (χ4n) is 0.471. The lowest BCUT2D eigenvalue weighted by Crippen LogP contribution is -2.36. The molecule has 0 fully saturated rings. The van der Waals surface area contributed by atoms with Crippen LogP contribution in [0.25, 0.3) is 0 Å². The Hall–Kier alpha value is -0.710. The zero-order chi connectivity index (χ0) is 6.69. The van der Waals surface area contributed by atoms with Crippen molar-refractivity contribution in [1.82, 2.24) is 10.7 Å². The van der Waals surface area contributed by atoms with Crippen molar-refractivity contribution in [2.45, 2.75) is 12.4 Å². The number of hydrazone groups is 1. The highest BCUT2D eigenvalue weighted by atomic mass is 32.2. The largest absolute Gasteiger partial charge is 0.326 e. The minimum absolute atomic E-state index is 0.0505.